The summed E-state index contributed by atoms with van der Waals surface area (Å²) in [6.07, 6.45) is 5.94. The van der Waals surface area contributed by atoms with E-state index in [0.29, 0.717) is 6.04 Å². The molecule has 1 aliphatic rings. The van der Waals surface area contributed by atoms with Crippen LogP contribution in [0, 0.1) is 0 Å². The van der Waals surface area contributed by atoms with Crippen molar-refractivity contribution in [2.45, 2.75) is 24.9 Å². The van der Waals surface area contributed by atoms with Gasteiger partial charge in [-0.25, -0.2) is 0 Å². The molecule has 0 saturated carbocycles. The molecule has 2 N–H and O–H groups in total. The van der Waals surface area contributed by atoms with Gasteiger partial charge in [0.15, 0.2) is 0 Å². The molecular weight excluding hydrogens is 214 g/mol. The fourth-order valence-electron chi connectivity index (χ4n) is 2.58. The summed E-state index contributed by atoms with van der Waals surface area (Å²) in [6.45, 7) is 2.80. The van der Waals surface area contributed by atoms with Crippen LogP contribution in [-0.2, 0) is 4.74 Å². The Bertz CT molecular complexity index is 331. The van der Waals surface area contributed by atoms with Gasteiger partial charge in [-0.15, -0.1) is 0 Å². The van der Waals surface area contributed by atoms with Gasteiger partial charge in [-0.1, -0.05) is 0 Å². The van der Waals surface area contributed by atoms with Gasteiger partial charge in [0.05, 0.1) is 12.6 Å². The zero-order valence-corrected chi connectivity index (χ0v) is 10.4. The molecule has 0 spiro atoms. The van der Waals surface area contributed by atoms with E-state index in [1.807, 2.05) is 12.4 Å². The van der Waals surface area contributed by atoms with Crippen LogP contribution in [0.2, 0.25) is 0 Å². The lowest BCUT2D eigenvalue weighted by molar-refractivity contribution is 0.0848. The van der Waals surface area contributed by atoms with Crippen molar-refractivity contribution in [1.29, 1.82) is 0 Å². The smallest absolute Gasteiger partial charge is 0.0589 e. The van der Waals surface area contributed by atoms with Crippen LogP contribution in [0.1, 0.15) is 24.4 Å². The van der Waals surface area contributed by atoms with E-state index in [-0.39, 0.29) is 6.04 Å². The predicted octanol–water partition coefficient (Wildman–Crippen LogP) is 1.19. The number of pyridine rings is 1. The molecule has 2 rings (SSSR count). The van der Waals surface area contributed by atoms with E-state index in [2.05, 4.69) is 22.0 Å². The topological polar surface area (TPSA) is 51.4 Å². The zero-order chi connectivity index (χ0) is 12.1. The van der Waals surface area contributed by atoms with Crippen LogP contribution in [-0.4, -0.2) is 42.7 Å². The molecule has 1 aliphatic heterocycles. The van der Waals surface area contributed by atoms with Gasteiger partial charge in [-0.05, 0) is 37.1 Å². The largest absolute Gasteiger partial charge is 0.383 e. The highest BCUT2D eigenvalue weighted by Gasteiger charge is 2.29. The standard InChI is InChI=1S/C13H21N3O/c1-17-10-9-16-8-2-3-12(14)13(16)11-4-6-15-7-5-11/h4-7,12-13H,2-3,8-10,14H2,1H3. The van der Waals surface area contributed by atoms with E-state index in [1.165, 1.54) is 12.0 Å². The number of methoxy groups -OCH3 is 1. The predicted molar refractivity (Wildman–Crippen MR) is 67.6 cm³/mol. The Labute approximate surface area is 103 Å². The summed E-state index contributed by atoms with van der Waals surface area (Å²) in [4.78, 5) is 6.49. The average Bonchev–Trinajstić information content (AvgIpc) is 2.37. The van der Waals surface area contributed by atoms with Crippen molar-refractivity contribution in [2.75, 3.05) is 26.8 Å². The highest BCUT2D eigenvalue weighted by molar-refractivity contribution is 5.18. The average molecular weight is 235 g/mol. The van der Waals surface area contributed by atoms with E-state index < -0.39 is 0 Å². The Balaban J connectivity index is 2.13. The van der Waals surface area contributed by atoms with Gasteiger partial charge in [0, 0.05) is 32.1 Å². The second-order valence-electron chi connectivity index (χ2n) is 4.56. The van der Waals surface area contributed by atoms with Gasteiger partial charge in [0.25, 0.3) is 0 Å². The van der Waals surface area contributed by atoms with Gasteiger partial charge in [-0.3, -0.25) is 9.88 Å². The fourth-order valence-corrected chi connectivity index (χ4v) is 2.58. The van der Waals surface area contributed by atoms with Crippen molar-refractivity contribution in [3.63, 3.8) is 0 Å². The van der Waals surface area contributed by atoms with Gasteiger partial charge in [-0.2, -0.15) is 0 Å². The first-order valence-electron chi connectivity index (χ1n) is 6.21. The molecule has 0 aliphatic carbocycles. The second-order valence-corrected chi connectivity index (χ2v) is 4.56. The van der Waals surface area contributed by atoms with Crippen LogP contribution < -0.4 is 5.73 Å². The zero-order valence-electron chi connectivity index (χ0n) is 10.4. The Hall–Kier alpha value is -0.970. The summed E-state index contributed by atoms with van der Waals surface area (Å²) in [6, 6.07) is 4.65. The molecule has 0 bridgehead atoms. The molecule has 0 amide bonds. The van der Waals surface area contributed by atoms with E-state index in [0.717, 1.165) is 26.1 Å². The first kappa shape index (κ1) is 12.5. The molecule has 17 heavy (non-hydrogen) atoms. The third-order valence-corrected chi connectivity index (χ3v) is 3.41. The molecule has 4 nitrogen and oxygen atoms in total. The molecule has 1 saturated heterocycles. The highest BCUT2D eigenvalue weighted by Crippen LogP contribution is 2.29. The minimum atomic E-state index is 0.211. The summed E-state index contributed by atoms with van der Waals surface area (Å²) in [7, 11) is 1.74. The van der Waals surface area contributed by atoms with E-state index in [1.54, 1.807) is 7.11 Å². The van der Waals surface area contributed by atoms with Crippen molar-refractivity contribution in [2.24, 2.45) is 5.73 Å². The first-order valence-corrected chi connectivity index (χ1v) is 6.21. The Morgan fingerprint density at radius 3 is 2.94 bits per heavy atom. The molecule has 0 aromatic carbocycles. The maximum atomic E-state index is 6.27. The normalized spacial score (nSPS) is 26.0. The summed E-state index contributed by atoms with van der Waals surface area (Å²) in [5, 5.41) is 0. The van der Waals surface area contributed by atoms with Crippen molar-refractivity contribution in [1.82, 2.24) is 9.88 Å². The van der Waals surface area contributed by atoms with Crippen LogP contribution in [0.25, 0.3) is 0 Å². The number of aromatic nitrogens is 1. The summed E-state index contributed by atoms with van der Waals surface area (Å²) >= 11 is 0. The Morgan fingerprint density at radius 2 is 2.24 bits per heavy atom. The fraction of sp³-hybridized carbons (Fsp3) is 0.615. The third-order valence-electron chi connectivity index (χ3n) is 3.41. The van der Waals surface area contributed by atoms with Crippen molar-refractivity contribution >= 4 is 0 Å². The second kappa shape index (κ2) is 6.10. The van der Waals surface area contributed by atoms with Crippen LogP contribution >= 0.6 is 0 Å². The monoisotopic (exact) mass is 235 g/mol. The quantitative estimate of drug-likeness (QED) is 0.852. The van der Waals surface area contributed by atoms with Crippen LogP contribution in [0.4, 0.5) is 0 Å². The first-order chi connectivity index (χ1) is 8.33. The van der Waals surface area contributed by atoms with Crippen LogP contribution in [0.3, 0.4) is 0 Å². The van der Waals surface area contributed by atoms with E-state index in [9.17, 15) is 0 Å². The number of nitrogens with zero attached hydrogens (tertiary/aromatic N) is 2. The minimum absolute atomic E-state index is 0.211. The third kappa shape index (κ3) is 3.03. The Morgan fingerprint density at radius 1 is 1.47 bits per heavy atom. The summed E-state index contributed by atoms with van der Waals surface area (Å²) < 4.78 is 5.17. The lowest BCUT2D eigenvalue weighted by Crippen LogP contribution is -2.46. The molecule has 2 heterocycles. The Kier molecular flexibility index (Phi) is 4.48. The maximum Gasteiger partial charge on any atom is 0.0589 e. The number of ether oxygens (including phenoxy) is 1. The molecular formula is C13H21N3O. The SMILES string of the molecule is COCCN1CCCC(N)C1c1ccncc1. The van der Waals surface area contributed by atoms with Gasteiger partial charge in [0.1, 0.15) is 0 Å². The van der Waals surface area contributed by atoms with E-state index in [4.69, 9.17) is 10.5 Å². The maximum absolute atomic E-state index is 6.27. The molecule has 1 fully saturated rings. The van der Waals surface area contributed by atoms with E-state index >= 15 is 0 Å². The number of piperidine rings is 1. The van der Waals surface area contributed by atoms with Crippen LogP contribution in [0.5, 0.6) is 0 Å². The number of hydrogen-bond donors (Lipinski definition) is 1. The molecule has 0 radical (unpaired) electrons. The molecule has 4 heteroatoms. The summed E-state index contributed by atoms with van der Waals surface area (Å²) in [5.74, 6) is 0. The minimum Gasteiger partial charge on any atom is -0.383 e. The lowest BCUT2D eigenvalue weighted by atomic mass is 9.91. The molecule has 2 atom stereocenters. The van der Waals surface area contributed by atoms with Crippen molar-refractivity contribution in [3.05, 3.63) is 30.1 Å². The number of hydrogen-bond acceptors (Lipinski definition) is 4. The summed E-state index contributed by atoms with van der Waals surface area (Å²) in [5.41, 5.74) is 7.54. The van der Waals surface area contributed by atoms with Crippen molar-refractivity contribution in [3.8, 4) is 0 Å². The molecule has 1 aromatic rings. The van der Waals surface area contributed by atoms with Gasteiger partial charge in [0.2, 0.25) is 0 Å². The number of rotatable bonds is 4. The highest BCUT2D eigenvalue weighted by atomic mass is 16.5. The number of likely N-dealkylation sites (tertiary alicyclic amines) is 1. The molecule has 2 unspecified atom stereocenters. The van der Waals surface area contributed by atoms with Crippen LogP contribution in [0.15, 0.2) is 24.5 Å². The van der Waals surface area contributed by atoms with Crippen molar-refractivity contribution < 1.29 is 4.74 Å². The van der Waals surface area contributed by atoms with Gasteiger partial charge < -0.3 is 10.5 Å². The molecule has 94 valence electrons. The molecule has 1 aromatic heterocycles. The van der Waals surface area contributed by atoms with Gasteiger partial charge >= 0.3 is 0 Å². The lowest BCUT2D eigenvalue weighted by Gasteiger charge is -2.40. The number of nitrogens with two attached hydrogens (primary N) is 1.